The fourth-order valence-corrected chi connectivity index (χ4v) is 2.61. The van der Waals surface area contributed by atoms with Crippen molar-refractivity contribution >= 4 is 0 Å². The van der Waals surface area contributed by atoms with E-state index in [0.717, 1.165) is 19.5 Å². The summed E-state index contributed by atoms with van der Waals surface area (Å²) in [4.78, 5) is 2.22. The molecule has 18 heavy (non-hydrogen) atoms. The van der Waals surface area contributed by atoms with E-state index in [-0.39, 0.29) is 11.9 Å². The van der Waals surface area contributed by atoms with E-state index >= 15 is 0 Å². The number of nitrogens with one attached hydrogen (secondary N) is 1. The maximum absolute atomic E-state index is 14.0. The molecule has 0 aromatic heterocycles. The van der Waals surface area contributed by atoms with E-state index in [1.54, 1.807) is 13.2 Å². The van der Waals surface area contributed by atoms with Crippen molar-refractivity contribution in [3.8, 4) is 5.75 Å². The molecule has 4 heteroatoms. The average Bonchev–Trinajstić information content (AvgIpc) is 2.90. The Morgan fingerprint density at radius 1 is 1.50 bits per heavy atom. The van der Waals surface area contributed by atoms with Crippen LogP contribution in [-0.2, 0) is 0 Å². The summed E-state index contributed by atoms with van der Waals surface area (Å²) in [6.07, 6.45) is 1.11. The second-order valence-corrected chi connectivity index (χ2v) is 4.84. The predicted octanol–water partition coefficient (Wildman–Crippen LogP) is 2.19. The molecule has 2 atom stereocenters. The molecule has 100 valence electrons. The molecule has 1 saturated heterocycles. The number of rotatable bonds is 4. The van der Waals surface area contributed by atoms with Crippen LogP contribution in [0.5, 0.6) is 5.75 Å². The van der Waals surface area contributed by atoms with Crippen LogP contribution in [0.3, 0.4) is 0 Å². The highest BCUT2D eigenvalue weighted by Gasteiger charge is 2.27. The number of benzene rings is 1. The number of ether oxygens (including phenoxy) is 1. The molecule has 0 radical (unpaired) electrons. The van der Waals surface area contributed by atoms with Gasteiger partial charge in [0.25, 0.3) is 0 Å². The van der Waals surface area contributed by atoms with Crippen LogP contribution >= 0.6 is 0 Å². The smallest absolute Gasteiger partial charge is 0.131 e. The lowest BCUT2D eigenvalue weighted by Gasteiger charge is -2.31. The van der Waals surface area contributed by atoms with Crippen LogP contribution in [0.1, 0.15) is 24.9 Å². The lowest BCUT2D eigenvalue weighted by Crippen LogP contribution is -2.35. The van der Waals surface area contributed by atoms with Gasteiger partial charge in [0.15, 0.2) is 0 Å². The van der Waals surface area contributed by atoms with Crippen LogP contribution in [-0.4, -0.2) is 38.2 Å². The van der Waals surface area contributed by atoms with Crippen LogP contribution in [0.4, 0.5) is 4.39 Å². The van der Waals surface area contributed by atoms with Gasteiger partial charge in [-0.2, -0.15) is 0 Å². The van der Waals surface area contributed by atoms with Gasteiger partial charge in [0, 0.05) is 24.2 Å². The van der Waals surface area contributed by atoms with Gasteiger partial charge in [-0.15, -0.1) is 0 Å². The summed E-state index contributed by atoms with van der Waals surface area (Å²) in [6.45, 7) is 4.03. The molecule has 1 aromatic rings. The second-order valence-electron chi connectivity index (χ2n) is 4.84. The third-order valence-electron chi connectivity index (χ3n) is 3.87. The molecule has 0 spiro atoms. The zero-order valence-electron chi connectivity index (χ0n) is 11.2. The minimum absolute atomic E-state index is 0.00560. The largest absolute Gasteiger partial charge is 0.496 e. The molecule has 0 aliphatic carbocycles. The minimum Gasteiger partial charge on any atom is -0.496 e. The van der Waals surface area contributed by atoms with E-state index < -0.39 is 0 Å². The van der Waals surface area contributed by atoms with Crippen LogP contribution < -0.4 is 10.1 Å². The van der Waals surface area contributed by atoms with E-state index in [1.165, 1.54) is 6.07 Å². The highest BCUT2D eigenvalue weighted by Crippen LogP contribution is 2.32. The summed E-state index contributed by atoms with van der Waals surface area (Å²) in [7, 11) is 3.64. The second kappa shape index (κ2) is 5.67. The standard InChI is InChI=1S/C14H21FN2O/c1-10(17(2)11-7-8-16-9-11)14-12(15)5-4-6-13(14)18-3/h4-6,10-11,16H,7-9H2,1-3H3. The maximum Gasteiger partial charge on any atom is 0.131 e. The molecule has 0 amide bonds. The van der Waals surface area contributed by atoms with Crippen molar-refractivity contribution in [1.29, 1.82) is 0 Å². The Morgan fingerprint density at radius 2 is 2.28 bits per heavy atom. The predicted molar refractivity (Wildman–Crippen MR) is 70.4 cm³/mol. The van der Waals surface area contributed by atoms with Gasteiger partial charge in [-0.3, -0.25) is 4.90 Å². The molecule has 1 aliphatic heterocycles. The Kier molecular flexibility index (Phi) is 4.19. The van der Waals surface area contributed by atoms with Crippen molar-refractivity contribution in [1.82, 2.24) is 10.2 Å². The highest BCUT2D eigenvalue weighted by molar-refractivity contribution is 5.37. The Bertz CT molecular complexity index is 405. The fraction of sp³-hybridized carbons (Fsp3) is 0.571. The van der Waals surface area contributed by atoms with Gasteiger partial charge in [-0.1, -0.05) is 6.07 Å². The molecule has 1 aliphatic rings. The van der Waals surface area contributed by atoms with E-state index in [1.807, 2.05) is 20.0 Å². The number of hydrogen-bond acceptors (Lipinski definition) is 3. The van der Waals surface area contributed by atoms with Crippen LogP contribution in [0, 0.1) is 5.82 Å². The minimum atomic E-state index is -0.195. The summed E-state index contributed by atoms with van der Waals surface area (Å²) in [5.41, 5.74) is 0.648. The average molecular weight is 252 g/mol. The van der Waals surface area contributed by atoms with Crippen molar-refractivity contribution in [2.45, 2.75) is 25.4 Å². The third-order valence-corrected chi connectivity index (χ3v) is 3.87. The summed E-state index contributed by atoms with van der Waals surface area (Å²) in [5, 5.41) is 3.34. The van der Waals surface area contributed by atoms with E-state index in [2.05, 4.69) is 10.2 Å². The molecular weight excluding hydrogens is 231 g/mol. The normalized spacial score (nSPS) is 21.3. The first-order chi connectivity index (χ1) is 8.65. The number of nitrogens with zero attached hydrogens (tertiary/aromatic N) is 1. The summed E-state index contributed by atoms with van der Waals surface area (Å²) >= 11 is 0. The van der Waals surface area contributed by atoms with Gasteiger partial charge in [-0.25, -0.2) is 4.39 Å². The summed E-state index contributed by atoms with van der Waals surface area (Å²) < 4.78 is 19.3. The molecule has 1 aromatic carbocycles. The first-order valence-electron chi connectivity index (χ1n) is 6.40. The quantitative estimate of drug-likeness (QED) is 0.889. The van der Waals surface area contributed by atoms with Crippen molar-refractivity contribution in [3.05, 3.63) is 29.6 Å². The van der Waals surface area contributed by atoms with Crippen LogP contribution in [0.25, 0.3) is 0 Å². The maximum atomic E-state index is 14.0. The lowest BCUT2D eigenvalue weighted by atomic mass is 10.0. The molecule has 1 N–H and O–H groups in total. The number of hydrogen-bond donors (Lipinski definition) is 1. The van der Waals surface area contributed by atoms with Gasteiger partial charge < -0.3 is 10.1 Å². The number of likely N-dealkylation sites (N-methyl/N-ethyl adjacent to an activating group) is 1. The summed E-state index contributed by atoms with van der Waals surface area (Å²) in [6, 6.07) is 5.46. The van der Waals surface area contributed by atoms with E-state index in [4.69, 9.17) is 4.74 Å². The van der Waals surface area contributed by atoms with Crippen molar-refractivity contribution in [2.24, 2.45) is 0 Å². The van der Waals surface area contributed by atoms with Crippen LogP contribution in [0.2, 0.25) is 0 Å². The molecule has 0 saturated carbocycles. The van der Waals surface area contributed by atoms with Gasteiger partial charge >= 0.3 is 0 Å². The molecule has 1 fully saturated rings. The zero-order chi connectivity index (χ0) is 13.1. The van der Waals surface area contributed by atoms with Gasteiger partial charge in [0.05, 0.1) is 7.11 Å². The lowest BCUT2D eigenvalue weighted by molar-refractivity contribution is 0.190. The Labute approximate surface area is 108 Å². The monoisotopic (exact) mass is 252 g/mol. The van der Waals surface area contributed by atoms with Crippen LogP contribution in [0.15, 0.2) is 18.2 Å². The molecular formula is C14H21FN2O. The Hall–Kier alpha value is -1.13. The first-order valence-corrected chi connectivity index (χ1v) is 6.40. The number of halogens is 1. The fourth-order valence-electron chi connectivity index (χ4n) is 2.61. The SMILES string of the molecule is COc1cccc(F)c1C(C)N(C)C1CCNC1. The molecule has 0 bridgehead atoms. The molecule has 1 heterocycles. The Morgan fingerprint density at radius 3 is 2.89 bits per heavy atom. The van der Waals surface area contributed by atoms with Crippen molar-refractivity contribution in [2.75, 3.05) is 27.2 Å². The van der Waals surface area contributed by atoms with Gasteiger partial charge in [-0.05, 0) is 39.1 Å². The molecule has 2 unspecified atom stereocenters. The topological polar surface area (TPSA) is 24.5 Å². The highest BCUT2D eigenvalue weighted by atomic mass is 19.1. The van der Waals surface area contributed by atoms with Crippen molar-refractivity contribution in [3.63, 3.8) is 0 Å². The van der Waals surface area contributed by atoms with Gasteiger partial charge in [0.2, 0.25) is 0 Å². The van der Waals surface area contributed by atoms with E-state index in [9.17, 15) is 4.39 Å². The van der Waals surface area contributed by atoms with Crippen molar-refractivity contribution < 1.29 is 9.13 Å². The first kappa shape index (κ1) is 13.3. The Balaban J connectivity index is 2.24. The molecule has 3 nitrogen and oxygen atoms in total. The van der Waals surface area contributed by atoms with E-state index in [0.29, 0.717) is 17.4 Å². The van der Waals surface area contributed by atoms with Gasteiger partial charge in [0.1, 0.15) is 11.6 Å². The zero-order valence-corrected chi connectivity index (χ0v) is 11.2. The third kappa shape index (κ3) is 2.49. The summed E-state index contributed by atoms with van der Waals surface area (Å²) in [5.74, 6) is 0.431. The molecule has 2 rings (SSSR count). The number of methoxy groups -OCH3 is 1.